The molecule has 5 nitrogen and oxygen atoms in total. The average Bonchev–Trinajstić information content (AvgIpc) is 3.00. The molecule has 0 saturated heterocycles. The van der Waals surface area contributed by atoms with E-state index in [0.717, 1.165) is 17.1 Å². The zero-order valence-electron chi connectivity index (χ0n) is 13.4. The van der Waals surface area contributed by atoms with Gasteiger partial charge in [0.1, 0.15) is 5.49 Å². The Morgan fingerprint density at radius 2 is 2.04 bits per heavy atom. The molecular weight excluding hydrogens is 292 g/mol. The highest BCUT2D eigenvalue weighted by Gasteiger charge is 2.14. The molecule has 1 aliphatic heterocycles. The van der Waals surface area contributed by atoms with E-state index in [1.165, 1.54) is 0 Å². The number of aromatic nitrogens is 1. The monoisotopic (exact) mass is 312 g/mol. The van der Waals surface area contributed by atoms with Crippen molar-refractivity contribution in [3.05, 3.63) is 53.6 Å². The van der Waals surface area contributed by atoms with E-state index < -0.39 is 0 Å². The number of hydrogen-bond donors (Lipinski definition) is 0. The van der Waals surface area contributed by atoms with Crippen molar-refractivity contribution in [1.82, 2.24) is 4.57 Å². The van der Waals surface area contributed by atoms with Crippen LogP contribution in [0.15, 0.2) is 47.6 Å². The molecular formula is C18H20N2O3. The SMILES string of the molecule is CC(C)N=c1ccccn1C(=O)CCc1ccc2c(c1)OCO2. The molecule has 0 saturated carbocycles. The van der Waals surface area contributed by atoms with Gasteiger partial charge in [-0.2, -0.15) is 0 Å². The van der Waals surface area contributed by atoms with Gasteiger partial charge in [-0.05, 0) is 50.1 Å². The van der Waals surface area contributed by atoms with E-state index in [4.69, 9.17) is 9.47 Å². The van der Waals surface area contributed by atoms with E-state index in [1.54, 1.807) is 10.8 Å². The Morgan fingerprint density at radius 1 is 1.22 bits per heavy atom. The van der Waals surface area contributed by atoms with Gasteiger partial charge in [0.25, 0.3) is 0 Å². The van der Waals surface area contributed by atoms with Crippen LogP contribution in [0.5, 0.6) is 11.5 Å². The van der Waals surface area contributed by atoms with Crippen LogP contribution in [-0.4, -0.2) is 23.3 Å². The van der Waals surface area contributed by atoms with E-state index in [0.29, 0.717) is 18.3 Å². The lowest BCUT2D eigenvalue weighted by atomic mass is 10.1. The maximum Gasteiger partial charge on any atom is 0.232 e. The Morgan fingerprint density at radius 3 is 2.87 bits per heavy atom. The van der Waals surface area contributed by atoms with Crippen LogP contribution < -0.4 is 15.0 Å². The van der Waals surface area contributed by atoms with Crippen LogP contribution in [-0.2, 0) is 6.42 Å². The van der Waals surface area contributed by atoms with Crippen molar-refractivity contribution in [2.45, 2.75) is 32.7 Å². The molecule has 0 unspecified atom stereocenters. The van der Waals surface area contributed by atoms with Gasteiger partial charge in [-0.25, -0.2) is 0 Å². The van der Waals surface area contributed by atoms with Gasteiger partial charge in [-0.1, -0.05) is 12.1 Å². The summed E-state index contributed by atoms with van der Waals surface area (Å²) in [5.74, 6) is 1.54. The van der Waals surface area contributed by atoms with Gasteiger partial charge in [0.15, 0.2) is 11.5 Å². The van der Waals surface area contributed by atoms with Crippen molar-refractivity contribution >= 4 is 5.91 Å². The van der Waals surface area contributed by atoms with Gasteiger partial charge >= 0.3 is 0 Å². The largest absolute Gasteiger partial charge is 0.454 e. The number of ether oxygens (including phenoxy) is 2. The normalized spacial score (nSPS) is 13.6. The average molecular weight is 312 g/mol. The van der Waals surface area contributed by atoms with Crippen LogP contribution >= 0.6 is 0 Å². The number of fused-ring (bicyclic) bond motifs is 1. The first-order valence-corrected chi connectivity index (χ1v) is 7.77. The number of hydrogen-bond acceptors (Lipinski definition) is 4. The third kappa shape index (κ3) is 3.62. The summed E-state index contributed by atoms with van der Waals surface area (Å²) in [6.45, 7) is 4.25. The maximum absolute atomic E-state index is 12.5. The Kier molecular flexibility index (Phi) is 4.46. The van der Waals surface area contributed by atoms with Crippen LogP contribution in [0.4, 0.5) is 0 Å². The second kappa shape index (κ2) is 6.69. The van der Waals surface area contributed by atoms with Crippen LogP contribution in [0.3, 0.4) is 0 Å². The molecule has 5 heteroatoms. The highest BCUT2D eigenvalue weighted by molar-refractivity contribution is 5.78. The third-order valence-corrected chi connectivity index (χ3v) is 3.56. The first-order valence-electron chi connectivity index (χ1n) is 7.77. The quantitative estimate of drug-likeness (QED) is 0.872. The number of rotatable bonds is 4. The molecule has 0 aliphatic carbocycles. The van der Waals surface area contributed by atoms with Crippen LogP contribution in [0.2, 0.25) is 0 Å². The Labute approximate surface area is 135 Å². The summed E-state index contributed by atoms with van der Waals surface area (Å²) in [6.07, 6.45) is 2.83. The molecule has 2 heterocycles. The summed E-state index contributed by atoms with van der Waals surface area (Å²) in [5.41, 5.74) is 1.75. The van der Waals surface area contributed by atoms with Crippen LogP contribution in [0, 0.1) is 0 Å². The molecule has 1 aromatic heterocycles. The summed E-state index contributed by atoms with van der Waals surface area (Å²) < 4.78 is 12.3. The molecule has 120 valence electrons. The lowest BCUT2D eigenvalue weighted by Gasteiger charge is -2.07. The molecule has 0 spiro atoms. The fraction of sp³-hybridized carbons (Fsp3) is 0.333. The second-order valence-electron chi connectivity index (χ2n) is 5.73. The van der Waals surface area contributed by atoms with E-state index in [2.05, 4.69) is 4.99 Å². The molecule has 3 rings (SSSR count). The van der Waals surface area contributed by atoms with Crippen molar-refractivity contribution < 1.29 is 14.3 Å². The number of carbonyl (C=O) groups excluding carboxylic acids is 1. The predicted octanol–water partition coefficient (Wildman–Crippen LogP) is 2.80. The van der Waals surface area contributed by atoms with Crippen molar-refractivity contribution in [1.29, 1.82) is 0 Å². The third-order valence-electron chi connectivity index (χ3n) is 3.56. The first-order chi connectivity index (χ1) is 11.1. The molecule has 0 bridgehead atoms. The minimum absolute atomic E-state index is 0.0302. The summed E-state index contributed by atoms with van der Waals surface area (Å²) in [5, 5.41) is 0. The molecule has 0 N–H and O–H groups in total. The number of nitrogens with zero attached hydrogens (tertiary/aromatic N) is 2. The molecule has 0 amide bonds. The summed E-state index contributed by atoms with van der Waals surface area (Å²) in [7, 11) is 0. The Hall–Kier alpha value is -2.56. The highest BCUT2D eigenvalue weighted by atomic mass is 16.7. The van der Waals surface area contributed by atoms with E-state index >= 15 is 0 Å². The minimum Gasteiger partial charge on any atom is -0.454 e. The topological polar surface area (TPSA) is 52.8 Å². The predicted molar refractivity (Wildman–Crippen MR) is 86.6 cm³/mol. The molecule has 2 aromatic rings. The zero-order valence-corrected chi connectivity index (χ0v) is 13.4. The number of benzene rings is 1. The summed E-state index contributed by atoms with van der Waals surface area (Å²) >= 11 is 0. The van der Waals surface area contributed by atoms with Gasteiger partial charge in [-0.15, -0.1) is 0 Å². The number of pyridine rings is 1. The number of aryl methyl sites for hydroxylation is 1. The molecule has 0 fully saturated rings. The lowest BCUT2D eigenvalue weighted by molar-refractivity contribution is 0.0897. The minimum atomic E-state index is 0.0302. The Bertz CT molecular complexity index is 778. The maximum atomic E-state index is 12.5. The highest BCUT2D eigenvalue weighted by Crippen LogP contribution is 2.32. The molecule has 23 heavy (non-hydrogen) atoms. The molecule has 0 radical (unpaired) electrons. The van der Waals surface area contributed by atoms with E-state index in [-0.39, 0.29) is 18.7 Å². The summed E-state index contributed by atoms with van der Waals surface area (Å²) in [4.78, 5) is 17.0. The van der Waals surface area contributed by atoms with Crippen LogP contribution in [0.1, 0.15) is 30.6 Å². The molecule has 1 aromatic carbocycles. The van der Waals surface area contributed by atoms with Crippen molar-refractivity contribution in [3.8, 4) is 11.5 Å². The van der Waals surface area contributed by atoms with Gasteiger partial charge < -0.3 is 9.47 Å². The van der Waals surface area contributed by atoms with E-state index in [9.17, 15) is 4.79 Å². The lowest BCUT2D eigenvalue weighted by Crippen LogP contribution is -2.27. The number of carbonyl (C=O) groups is 1. The van der Waals surface area contributed by atoms with Crippen molar-refractivity contribution in [3.63, 3.8) is 0 Å². The molecule has 0 atom stereocenters. The van der Waals surface area contributed by atoms with Gasteiger partial charge in [0.05, 0.1) is 0 Å². The smallest absolute Gasteiger partial charge is 0.232 e. The Balaban J connectivity index is 1.73. The van der Waals surface area contributed by atoms with Gasteiger partial charge in [0, 0.05) is 18.7 Å². The fourth-order valence-electron chi connectivity index (χ4n) is 2.48. The van der Waals surface area contributed by atoms with Gasteiger partial charge in [-0.3, -0.25) is 14.4 Å². The zero-order chi connectivity index (χ0) is 16.2. The van der Waals surface area contributed by atoms with Crippen LogP contribution in [0.25, 0.3) is 0 Å². The fourth-order valence-corrected chi connectivity index (χ4v) is 2.48. The van der Waals surface area contributed by atoms with Gasteiger partial charge in [0.2, 0.25) is 12.7 Å². The molecule has 1 aliphatic rings. The van der Waals surface area contributed by atoms with Crippen molar-refractivity contribution in [2.24, 2.45) is 4.99 Å². The second-order valence-corrected chi connectivity index (χ2v) is 5.73. The van der Waals surface area contributed by atoms with E-state index in [1.807, 2.05) is 50.2 Å². The van der Waals surface area contributed by atoms with Crippen molar-refractivity contribution in [2.75, 3.05) is 6.79 Å². The standard InChI is InChI=1S/C18H20N2O3/c1-13(2)19-17-5-3-4-10-20(17)18(21)9-7-14-6-8-15-16(11-14)23-12-22-15/h3-6,8,10-11,13H,7,9,12H2,1-2H3. The summed E-state index contributed by atoms with van der Waals surface area (Å²) in [6, 6.07) is 11.5. The first kappa shape index (κ1) is 15.3.